The second-order valence-corrected chi connectivity index (χ2v) is 7.11. The molecule has 0 heterocycles. The molecule has 0 atom stereocenters. The Morgan fingerprint density at radius 2 is 1.59 bits per heavy atom. The van der Waals surface area contributed by atoms with Gasteiger partial charge in [0, 0.05) is 5.56 Å². The summed E-state index contributed by atoms with van der Waals surface area (Å²) in [5.41, 5.74) is -3.78. The van der Waals surface area contributed by atoms with Gasteiger partial charge in [-0.15, -0.1) is 0 Å². The van der Waals surface area contributed by atoms with Crippen molar-refractivity contribution in [2.45, 2.75) is 24.2 Å². The van der Waals surface area contributed by atoms with Gasteiger partial charge in [0.1, 0.15) is 10.6 Å². The van der Waals surface area contributed by atoms with Gasteiger partial charge in [-0.1, -0.05) is 24.3 Å². The van der Waals surface area contributed by atoms with Crippen molar-refractivity contribution in [2.75, 3.05) is 6.61 Å². The number of sulfonamides is 1. The van der Waals surface area contributed by atoms with Gasteiger partial charge in [-0.05, 0) is 31.2 Å². The van der Waals surface area contributed by atoms with E-state index in [0.717, 1.165) is 18.2 Å². The summed E-state index contributed by atoms with van der Waals surface area (Å²) < 4.78 is 109. The molecule has 0 saturated carbocycles. The molecule has 29 heavy (non-hydrogen) atoms. The van der Waals surface area contributed by atoms with Crippen LogP contribution < -0.4 is 9.57 Å². The quantitative estimate of drug-likeness (QED) is 0.413. The van der Waals surface area contributed by atoms with Crippen LogP contribution in [0.25, 0.3) is 0 Å². The Kier molecular flexibility index (Phi) is 6.46. The number of nitrogens with one attached hydrogen (secondary N) is 1. The van der Waals surface area contributed by atoms with E-state index in [1.807, 2.05) is 0 Å². The van der Waals surface area contributed by atoms with Crippen LogP contribution in [0.15, 0.2) is 58.5 Å². The van der Waals surface area contributed by atoms with Crippen molar-refractivity contribution >= 4 is 15.7 Å². The number of halogens is 6. The summed E-state index contributed by atoms with van der Waals surface area (Å²) in [6.07, 6.45) is -10.2. The van der Waals surface area contributed by atoms with E-state index in [2.05, 4.69) is 5.10 Å². The molecule has 0 fully saturated rings. The highest BCUT2D eigenvalue weighted by atomic mass is 32.2. The molecule has 0 aromatic heterocycles. The first-order chi connectivity index (χ1) is 13.4. The lowest BCUT2D eigenvalue weighted by molar-refractivity contribution is -0.139. The van der Waals surface area contributed by atoms with E-state index in [9.17, 15) is 34.8 Å². The van der Waals surface area contributed by atoms with E-state index in [4.69, 9.17) is 4.74 Å². The highest BCUT2D eigenvalue weighted by Gasteiger charge is 2.40. The van der Waals surface area contributed by atoms with Crippen molar-refractivity contribution in [1.29, 1.82) is 0 Å². The van der Waals surface area contributed by atoms with E-state index >= 15 is 0 Å². The second kappa shape index (κ2) is 8.31. The fourth-order valence-corrected chi connectivity index (χ4v) is 3.35. The lowest BCUT2D eigenvalue weighted by Gasteiger charge is -2.16. The van der Waals surface area contributed by atoms with Gasteiger partial charge in [0.2, 0.25) is 0 Å². The first-order valence-corrected chi connectivity index (χ1v) is 9.41. The Balaban J connectivity index is 2.54. The number of ether oxygens (including phenoxy) is 1. The smallest absolute Gasteiger partial charge is 0.435 e. The molecular formula is C17H14F6N2O3S. The van der Waals surface area contributed by atoms with E-state index in [-0.39, 0.29) is 12.4 Å². The third kappa shape index (κ3) is 5.40. The van der Waals surface area contributed by atoms with Crippen molar-refractivity contribution in [2.24, 2.45) is 5.10 Å². The molecule has 5 nitrogen and oxygen atoms in total. The summed E-state index contributed by atoms with van der Waals surface area (Å²) in [6.45, 7) is 1.55. The molecule has 158 valence electrons. The lowest BCUT2D eigenvalue weighted by atomic mass is 10.1. The number of hydrazone groups is 1. The van der Waals surface area contributed by atoms with E-state index < -0.39 is 44.1 Å². The normalized spacial score (nSPS) is 13.3. The molecule has 1 N–H and O–H groups in total. The van der Waals surface area contributed by atoms with Crippen LogP contribution in [0.4, 0.5) is 26.3 Å². The van der Waals surface area contributed by atoms with Gasteiger partial charge >= 0.3 is 12.4 Å². The third-order valence-corrected chi connectivity index (χ3v) is 4.74. The number of benzene rings is 2. The van der Waals surface area contributed by atoms with Gasteiger partial charge in [-0.2, -0.15) is 44.7 Å². The van der Waals surface area contributed by atoms with Crippen molar-refractivity contribution in [3.63, 3.8) is 0 Å². The largest absolute Gasteiger partial charge is 0.493 e. The summed E-state index contributed by atoms with van der Waals surface area (Å²) in [4.78, 5) is -0.00695. The van der Waals surface area contributed by atoms with Gasteiger partial charge in [0.15, 0.2) is 5.71 Å². The molecule has 2 aromatic rings. The molecule has 0 unspecified atom stereocenters. The zero-order chi connectivity index (χ0) is 21.9. The van der Waals surface area contributed by atoms with Crippen LogP contribution in [-0.2, 0) is 16.2 Å². The highest BCUT2D eigenvalue weighted by molar-refractivity contribution is 7.89. The maximum atomic E-state index is 13.5. The molecule has 12 heteroatoms. The Morgan fingerprint density at radius 3 is 2.17 bits per heavy atom. The average molecular weight is 440 g/mol. The predicted octanol–water partition coefficient (Wildman–Crippen LogP) is 4.35. The average Bonchev–Trinajstić information content (AvgIpc) is 2.61. The van der Waals surface area contributed by atoms with Crippen molar-refractivity contribution in [3.05, 3.63) is 59.7 Å². The van der Waals surface area contributed by atoms with E-state index in [1.54, 1.807) is 0 Å². The van der Waals surface area contributed by atoms with Crippen LogP contribution in [-0.4, -0.2) is 26.9 Å². The summed E-state index contributed by atoms with van der Waals surface area (Å²) in [6, 6.07) is 7.91. The minimum Gasteiger partial charge on any atom is -0.493 e. The number of nitrogens with zero attached hydrogens (tertiary/aromatic N) is 1. The van der Waals surface area contributed by atoms with Gasteiger partial charge < -0.3 is 4.74 Å². The Labute approximate surface area is 162 Å². The van der Waals surface area contributed by atoms with E-state index in [1.165, 1.54) is 30.0 Å². The molecule has 0 saturated heterocycles. The fraction of sp³-hybridized carbons (Fsp3) is 0.235. The minimum atomic E-state index is -5.13. The summed E-state index contributed by atoms with van der Waals surface area (Å²) in [5.74, 6) is -0.221. The van der Waals surface area contributed by atoms with Crippen LogP contribution in [0.2, 0.25) is 0 Å². The third-order valence-electron chi connectivity index (χ3n) is 3.47. The van der Waals surface area contributed by atoms with Crippen LogP contribution in [0.3, 0.4) is 0 Å². The molecule has 2 rings (SSSR count). The molecule has 0 aliphatic rings. The van der Waals surface area contributed by atoms with Crippen LogP contribution in [0.1, 0.15) is 18.1 Å². The zero-order valence-corrected chi connectivity index (χ0v) is 15.5. The van der Waals surface area contributed by atoms with Gasteiger partial charge in [0.05, 0.1) is 12.2 Å². The standard InChI is InChI=1S/C17H14F6N2O3S/c1-2-28-13-9-5-3-7-11(13)15(17(21,22)23)24-25-29(26,27)14-10-6-4-8-12(14)16(18,19)20/h3-10,25H,2H2,1H3. The van der Waals surface area contributed by atoms with Crippen LogP contribution >= 0.6 is 0 Å². The van der Waals surface area contributed by atoms with Crippen molar-refractivity contribution in [1.82, 2.24) is 4.83 Å². The Morgan fingerprint density at radius 1 is 1.00 bits per heavy atom. The molecule has 0 radical (unpaired) electrons. The molecular weight excluding hydrogens is 426 g/mol. The maximum Gasteiger partial charge on any atom is 0.435 e. The molecule has 0 spiro atoms. The number of hydrogen-bond acceptors (Lipinski definition) is 4. The molecule has 0 bridgehead atoms. The fourth-order valence-electron chi connectivity index (χ4n) is 2.31. The Bertz CT molecular complexity index is 1000. The van der Waals surface area contributed by atoms with Crippen LogP contribution in [0.5, 0.6) is 5.75 Å². The topological polar surface area (TPSA) is 67.8 Å². The van der Waals surface area contributed by atoms with Gasteiger partial charge in [-0.25, -0.2) is 0 Å². The minimum absolute atomic E-state index is 0.0207. The van der Waals surface area contributed by atoms with Crippen LogP contribution in [0, 0.1) is 0 Å². The second-order valence-electron chi connectivity index (χ2n) is 5.48. The van der Waals surface area contributed by atoms with Gasteiger partial charge in [-0.3, -0.25) is 0 Å². The van der Waals surface area contributed by atoms with Crippen molar-refractivity contribution < 1.29 is 39.5 Å². The monoisotopic (exact) mass is 440 g/mol. The predicted molar refractivity (Wildman–Crippen MR) is 92.0 cm³/mol. The number of hydrogen-bond donors (Lipinski definition) is 1. The molecule has 0 aliphatic carbocycles. The first-order valence-electron chi connectivity index (χ1n) is 7.93. The number of para-hydroxylation sites is 1. The zero-order valence-electron chi connectivity index (χ0n) is 14.7. The highest BCUT2D eigenvalue weighted by Crippen LogP contribution is 2.34. The van der Waals surface area contributed by atoms with E-state index in [0.29, 0.717) is 12.1 Å². The number of rotatable bonds is 6. The maximum absolute atomic E-state index is 13.5. The molecule has 0 amide bonds. The van der Waals surface area contributed by atoms with Gasteiger partial charge in [0.25, 0.3) is 10.0 Å². The first kappa shape index (κ1) is 22.5. The number of alkyl halides is 6. The Hall–Kier alpha value is -2.76. The summed E-state index contributed by atoms with van der Waals surface area (Å²) in [7, 11) is -5.06. The molecule has 2 aromatic carbocycles. The van der Waals surface area contributed by atoms with Crippen molar-refractivity contribution in [3.8, 4) is 5.75 Å². The SMILES string of the molecule is CCOc1ccccc1C(=NNS(=O)(=O)c1ccccc1C(F)(F)F)C(F)(F)F. The lowest BCUT2D eigenvalue weighted by Crippen LogP contribution is -2.30. The summed E-state index contributed by atoms with van der Waals surface area (Å²) in [5, 5.41) is 2.89. The summed E-state index contributed by atoms with van der Waals surface area (Å²) >= 11 is 0. The molecule has 0 aliphatic heterocycles.